The molecule has 18 heavy (non-hydrogen) atoms. The molecule has 1 aromatic carbocycles. The second kappa shape index (κ2) is 6.66. The lowest BCUT2D eigenvalue weighted by Crippen LogP contribution is -2.45. The van der Waals surface area contributed by atoms with Gasteiger partial charge in [-0.05, 0) is 31.5 Å². The highest BCUT2D eigenvalue weighted by Crippen LogP contribution is 2.12. The first kappa shape index (κ1) is 14.9. The Kier molecular flexibility index (Phi) is 5.50. The average molecular weight is 277 g/mol. The van der Waals surface area contributed by atoms with Gasteiger partial charge >= 0.3 is 0 Å². The Hall–Kier alpha value is -1.20. The number of rotatable bonds is 2. The molecule has 100 valence electrons. The zero-order valence-electron chi connectivity index (χ0n) is 9.71. The average Bonchev–Trinajstić information content (AvgIpc) is 2.34. The fraction of sp³-hybridized carbons (Fsp3) is 0.417. The highest BCUT2D eigenvalue weighted by atomic mass is 35.5. The van der Waals surface area contributed by atoms with Gasteiger partial charge in [-0.1, -0.05) is 6.07 Å². The quantitative estimate of drug-likeness (QED) is 0.866. The summed E-state index contributed by atoms with van der Waals surface area (Å²) in [6.07, 6.45) is 1.83. The van der Waals surface area contributed by atoms with E-state index in [1.807, 2.05) is 0 Å². The number of hydrogen-bond acceptors (Lipinski definition) is 2. The predicted molar refractivity (Wildman–Crippen MR) is 67.0 cm³/mol. The number of hydrogen-bond donors (Lipinski definition) is 2. The molecule has 0 saturated carbocycles. The van der Waals surface area contributed by atoms with Gasteiger partial charge in [0.1, 0.15) is 0 Å². The van der Waals surface area contributed by atoms with Gasteiger partial charge in [0, 0.05) is 12.6 Å². The summed E-state index contributed by atoms with van der Waals surface area (Å²) < 4.78 is 26.3. The maximum Gasteiger partial charge on any atom is 0.254 e. The van der Waals surface area contributed by atoms with E-state index in [2.05, 4.69) is 10.6 Å². The topological polar surface area (TPSA) is 41.1 Å². The van der Waals surface area contributed by atoms with E-state index in [9.17, 15) is 13.6 Å². The van der Waals surface area contributed by atoms with Crippen LogP contribution >= 0.6 is 12.4 Å². The monoisotopic (exact) mass is 276 g/mol. The molecule has 1 saturated heterocycles. The van der Waals surface area contributed by atoms with Crippen LogP contribution in [0.25, 0.3) is 0 Å². The van der Waals surface area contributed by atoms with Gasteiger partial charge in [0.05, 0.1) is 5.56 Å². The lowest BCUT2D eigenvalue weighted by molar-refractivity contribution is 0.0925. The Morgan fingerprint density at radius 3 is 2.83 bits per heavy atom. The van der Waals surface area contributed by atoms with Crippen molar-refractivity contribution in [2.75, 3.05) is 13.1 Å². The number of halogens is 3. The van der Waals surface area contributed by atoms with Gasteiger partial charge < -0.3 is 10.6 Å². The summed E-state index contributed by atoms with van der Waals surface area (Å²) in [6, 6.07) is 3.59. The molecule has 6 heteroatoms. The molecule has 0 radical (unpaired) electrons. The molecule has 0 spiro atoms. The largest absolute Gasteiger partial charge is 0.348 e. The van der Waals surface area contributed by atoms with Crippen LogP contribution in [0, 0.1) is 11.6 Å². The minimum Gasteiger partial charge on any atom is -0.348 e. The summed E-state index contributed by atoms with van der Waals surface area (Å²) in [5, 5.41) is 5.83. The zero-order valence-corrected chi connectivity index (χ0v) is 10.5. The highest BCUT2D eigenvalue weighted by Gasteiger charge is 2.19. The van der Waals surface area contributed by atoms with Crippen molar-refractivity contribution in [1.29, 1.82) is 0 Å². The summed E-state index contributed by atoms with van der Waals surface area (Å²) in [7, 11) is 0. The van der Waals surface area contributed by atoms with Crippen LogP contribution in [0.4, 0.5) is 8.78 Å². The molecule has 0 bridgehead atoms. The maximum atomic E-state index is 13.4. The lowest BCUT2D eigenvalue weighted by atomic mass is 10.1. The van der Waals surface area contributed by atoms with E-state index in [4.69, 9.17) is 0 Å². The lowest BCUT2D eigenvalue weighted by Gasteiger charge is -2.23. The predicted octanol–water partition coefficient (Wildman–Crippen LogP) is 1.87. The first-order valence-corrected chi connectivity index (χ1v) is 5.64. The molecule has 1 heterocycles. The smallest absolute Gasteiger partial charge is 0.254 e. The van der Waals surface area contributed by atoms with Gasteiger partial charge in [-0.2, -0.15) is 0 Å². The van der Waals surface area contributed by atoms with Crippen molar-refractivity contribution in [3.05, 3.63) is 35.4 Å². The molecule has 1 fully saturated rings. The van der Waals surface area contributed by atoms with E-state index in [1.165, 1.54) is 12.1 Å². The van der Waals surface area contributed by atoms with Crippen molar-refractivity contribution in [2.24, 2.45) is 0 Å². The van der Waals surface area contributed by atoms with Gasteiger partial charge in [-0.15, -0.1) is 12.4 Å². The third-order valence-electron chi connectivity index (χ3n) is 2.83. The summed E-state index contributed by atoms with van der Waals surface area (Å²) >= 11 is 0. The first-order chi connectivity index (χ1) is 8.18. The van der Waals surface area contributed by atoms with Gasteiger partial charge in [-0.25, -0.2) is 8.78 Å². The molecule has 1 atom stereocenters. The Morgan fingerprint density at radius 1 is 1.39 bits per heavy atom. The van der Waals surface area contributed by atoms with Crippen molar-refractivity contribution in [2.45, 2.75) is 18.9 Å². The van der Waals surface area contributed by atoms with Crippen molar-refractivity contribution in [3.8, 4) is 0 Å². The fourth-order valence-electron chi connectivity index (χ4n) is 1.92. The van der Waals surface area contributed by atoms with Crippen molar-refractivity contribution >= 4 is 18.3 Å². The van der Waals surface area contributed by atoms with Gasteiger partial charge in [0.15, 0.2) is 11.6 Å². The van der Waals surface area contributed by atoms with E-state index in [1.54, 1.807) is 0 Å². The van der Waals surface area contributed by atoms with Crippen LogP contribution in [0.5, 0.6) is 0 Å². The van der Waals surface area contributed by atoms with Crippen LogP contribution in [-0.2, 0) is 0 Å². The SMILES string of the molecule is Cl.O=C(N[C@@H]1CCCNC1)c1cccc(F)c1F. The number of carbonyl (C=O) groups excluding carboxylic acids is 1. The third kappa shape index (κ3) is 3.40. The highest BCUT2D eigenvalue weighted by molar-refractivity contribution is 5.94. The van der Waals surface area contributed by atoms with Crippen LogP contribution in [-0.4, -0.2) is 25.0 Å². The molecule has 1 aliphatic rings. The third-order valence-corrected chi connectivity index (χ3v) is 2.83. The van der Waals surface area contributed by atoms with Crippen molar-refractivity contribution in [3.63, 3.8) is 0 Å². The molecule has 1 aliphatic heterocycles. The summed E-state index contributed by atoms with van der Waals surface area (Å²) in [4.78, 5) is 11.7. The molecule has 1 aromatic rings. The van der Waals surface area contributed by atoms with E-state index in [0.717, 1.165) is 25.5 Å². The first-order valence-electron chi connectivity index (χ1n) is 5.64. The minimum absolute atomic E-state index is 0. The molecule has 2 rings (SSSR count). The zero-order chi connectivity index (χ0) is 12.3. The summed E-state index contributed by atoms with van der Waals surface area (Å²) in [6.45, 7) is 1.60. The molecule has 1 amide bonds. The van der Waals surface area contributed by atoms with Crippen LogP contribution in [0.15, 0.2) is 18.2 Å². The fourth-order valence-corrected chi connectivity index (χ4v) is 1.92. The van der Waals surface area contributed by atoms with E-state index >= 15 is 0 Å². The molecule has 3 nitrogen and oxygen atoms in total. The van der Waals surface area contributed by atoms with Crippen LogP contribution in [0.1, 0.15) is 23.2 Å². The standard InChI is InChI=1S/C12H14F2N2O.ClH/c13-10-5-1-4-9(11(10)14)12(17)16-8-3-2-6-15-7-8;/h1,4-5,8,15H,2-3,6-7H2,(H,16,17);1H/t8-;/m1./s1. The Labute approximate surface area is 110 Å². The Balaban J connectivity index is 0.00000162. The number of benzene rings is 1. The molecule has 0 aliphatic carbocycles. The Bertz CT molecular complexity index is 423. The van der Waals surface area contributed by atoms with E-state index in [0.29, 0.717) is 6.54 Å². The number of piperidine rings is 1. The summed E-state index contributed by atoms with van der Waals surface area (Å²) in [5.41, 5.74) is -0.240. The number of amides is 1. The molecular formula is C12H15ClF2N2O. The van der Waals surface area contributed by atoms with Gasteiger partial charge in [0.2, 0.25) is 0 Å². The van der Waals surface area contributed by atoms with Crippen LogP contribution in [0.2, 0.25) is 0 Å². The molecule has 2 N–H and O–H groups in total. The van der Waals surface area contributed by atoms with Gasteiger partial charge in [-0.3, -0.25) is 4.79 Å². The van der Waals surface area contributed by atoms with Crippen LogP contribution in [0.3, 0.4) is 0 Å². The van der Waals surface area contributed by atoms with Crippen molar-refractivity contribution in [1.82, 2.24) is 10.6 Å². The van der Waals surface area contributed by atoms with Gasteiger partial charge in [0.25, 0.3) is 5.91 Å². The van der Waals surface area contributed by atoms with Crippen LogP contribution < -0.4 is 10.6 Å². The molecule has 0 unspecified atom stereocenters. The maximum absolute atomic E-state index is 13.4. The summed E-state index contributed by atoms with van der Waals surface area (Å²) in [5.74, 6) is -2.65. The number of nitrogens with one attached hydrogen (secondary N) is 2. The van der Waals surface area contributed by atoms with E-state index < -0.39 is 17.5 Å². The van der Waals surface area contributed by atoms with Crippen molar-refractivity contribution < 1.29 is 13.6 Å². The molecule has 0 aromatic heterocycles. The minimum atomic E-state index is -1.09. The van der Waals surface area contributed by atoms with E-state index in [-0.39, 0.29) is 24.0 Å². The molecular weight excluding hydrogens is 262 g/mol. The second-order valence-electron chi connectivity index (χ2n) is 4.12. The normalized spacial score (nSPS) is 18.9. The Morgan fingerprint density at radius 2 is 2.17 bits per heavy atom. The second-order valence-corrected chi connectivity index (χ2v) is 4.12. The number of carbonyl (C=O) groups is 1.